The van der Waals surface area contributed by atoms with Crippen molar-refractivity contribution in [1.82, 2.24) is 0 Å². The van der Waals surface area contributed by atoms with Crippen LogP contribution in [0.3, 0.4) is 0 Å². The fourth-order valence-electron chi connectivity index (χ4n) is 1.13. The van der Waals surface area contributed by atoms with Crippen molar-refractivity contribution in [3.63, 3.8) is 0 Å². The van der Waals surface area contributed by atoms with Gasteiger partial charge in [-0.05, 0) is 6.07 Å². The second-order valence-electron chi connectivity index (χ2n) is 2.68. The minimum absolute atomic E-state index is 0.0420. The number of rotatable bonds is 3. The number of hydrogen-bond donors (Lipinski definition) is 0. The Balaban J connectivity index is 3.43. The maximum Gasteiger partial charge on any atom is 0.305 e. The lowest BCUT2D eigenvalue weighted by Crippen LogP contribution is -2.01. The van der Waals surface area contributed by atoms with Gasteiger partial charge in [0.1, 0.15) is 6.29 Å². The summed E-state index contributed by atoms with van der Waals surface area (Å²) in [6.07, 6.45) is -0.0128. The Morgan fingerprint density at radius 3 is 2.73 bits per heavy atom. The molecule has 0 aliphatic carbocycles. The molecule has 0 radical (unpaired) electrons. The van der Waals surface area contributed by atoms with E-state index in [0.29, 0.717) is 6.29 Å². The Morgan fingerprint density at radius 1 is 1.60 bits per heavy atom. The summed E-state index contributed by atoms with van der Waals surface area (Å²) in [4.78, 5) is 20.0. The van der Waals surface area contributed by atoms with Crippen molar-refractivity contribution in [3.05, 3.63) is 39.2 Å². The molecule has 15 heavy (non-hydrogen) atoms. The molecule has 0 spiro atoms. The summed E-state index contributed by atoms with van der Waals surface area (Å²) in [6, 6.07) is 3.67. The van der Waals surface area contributed by atoms with Crippen molar-refractivity contribution in [1.29, 1.82) is 5.26 Å². The lowest BCUT2D eigenvalue weighted by Gasteiger charge is -2.02. The number of halogens is 1. The summed E-state index contributed by atoms with van der Waals surface area (Å²) in [6.45, 7) is 0. The molecule has 0 aliphatic heterocycles. The molecule has 1 aromatic carbocycles. The van der Waals surface area contributed by atoms with Crippen LogP contribution in [0.15, 0.2) is 12.1 Å². The van der Waals surface area contributed by atoms with E-state index < -0.39 is 16.4 Å². The van der Waals surface area contributed by atoms with Crippen LogP contribution in [0.4, 0.5) is 10.1 Å². The van der Waals surface area contributed by atoms with Gasteiger partial charge in [0.2, 0.25) is 5.82 Å². The van der Waals surface area contributed by atoms with Crippen molar-refractivity contribution in [3.8, 4) is 6.07 Å². The topological polar surface area (TPSA) is 84.0 Å². The van der Waals surface area contributed by atoms with Gasteiger partial charge in [0.25, 0.3) is 0 Å². The molecule has 0 fully saturated rings. The first kappa shape index (κ1) is 10.8. The van der Waals surface area contributed by atoms with E-state index in [4.69, 9.17) is 5.26 Å². The van der Waals surface area contributed by atoms with E-state index in [1.54, 1.807) is 6.07 Å². The molecule has 0 aliphatic rings. The third-order valence-electron chi connectivity index (χ3n) is 1.84. The van der Waals surface area contributed by atoms with Gasteiger partial charge in [0.15, 0.2) is 0 Å². The molecular formula is C9H5FN2O3. The van der Waals surface area contributed by atoms with E-state index in [0.717, 1.165) is 12.1 Å². The Bertz CT molecular complexity index is 465. The van der Waals surface area contributed by atoms with Crippen molar-refractivity contribution in [2.75, 3.05) is 0 Å². The fraction of sp³-hybridized carbons (Fsp3) is 0.111. The zero-order valence-electron chi connectivity index (χ0n) is 7.44. The average Bonchev–Trinajstić information content (AvgIpc) is 2.20. The van der Waals surface area contributed by atoms with E-state index in [1.807, 2.05) is 0 Å². The third kappa shape index (κ3) is 1.96. The maximum atomic E-state index is 13.4. The molecule has 0 saturated heterocycles. The van der Waals surface area contributed by atoms with E-state index in [9.17, 15) is 19.3 Å². The number of nitriles is 1. The van der Waals surface area contributed by atoms with Crippen LogP contribution in [0.25, 0.3) is 0 Å². The molecule has 0 unspecified atom stereocenters. The molecule has 0 bridgehead atoms. The SMILES string of the molecule is N#CCc1c(C=O)ccc([N+](=O)[O-])c1F. The Morgan fingerprint density at radius 2 is 2.27 bits per heavy atom. The van der Waals surface area contributed by atoms with Crippen LogP contribution in [0.1, 0.15) is 15.9 Å². The van der Waals surface area contributed by atoms with Crippen LogP contribution >= 0.6 is 0 Å². The molecule has 0 amide bonds. The number of benzene rings is 1. The van der Waals surface area contributed by atoms with Gasteiger partial charge in [-0.1, -0.05) is 0 Å². The monoisotopic (exact) mass is 208 g/mol. The molecule has 0 saturated carbocycles. The van der Waals surface area contributed by atoms with Crippen molar-refractivity contribution in [2.45, 2.75) is 6.42 Å². The van der Waals surface area contributed by atoms with Gasteiger partial charge in [-0.3, -0.25) is 14.9 Å². The number of nitro groups is 1. The summed E-state index contributed by atoms with van der Waals surface area (Å²) in [5.74, 6) is -1.12. The zero-order valence-corrected chi connectivity index (χ0v) is 7.44. The van der Waals surface area contributed by atoms with Gasteiger partial charge in [0.05, 0.1) is 17.4 Å². The van der Waals surface area contributed by atoms with E-state index in [-0.39, 0.29) is 17.5 Å². The normalized spacial score (nSPS) is 9.33. The minimum atomic E-state index is -1.12. The first-order valence-corrected chi connectivity index (χ1v) is 3.89. The second-order valence-corrected chi connectivity index (χ2v) is 2.68. The predicted molar refractivity (Wildman–Crippen MR) is 47.8 cm³/mol. The van der Waals surface area contributed by atoms with E-state index >= 15 is 0 Å². The summed E-state index contributed by atoms with van der Waals surface area (Å²) in [5.41, 5.74) is -1.01. The molecular weight excluding hydrogens is 203 g/mol. The Kier molecular flexibility index (Phi) is 3.08. The third-order valence-corrected chi connectivity index (χ3v) is 1.84. The van der Waals surface area contributed by atoms with Crippen LogP contribution in [0.2, 0.25) is 0 Å². The highest BCUT2D eigenvalue weighted by Gasteiger charge is 2.20. The molecule has 1 rings (SSSR count). The second kappa shape index (κ2) is 4.28. The lowest BCUT2D eigenvalue weighted by molar-refractivity contribution is -0.387. The summed E-state index contributed by atoms with van der Waals surface area (Å²) in [7, 11) is 0. The fourth-order valence-corrected chi connectivity index (χ4v) is 1.13. The molecule has 0 heterocycles. The standard InChI is InChI=1S/C9H5FN2O3/c10-9-7(3-4-11)6(5-13)1-2-8(9)12(14)15/h1-2,5H,3H2. The van der Waals surface area contributed by atoms with E-state index in [1.165, 1.54) is 0 Å². The van der Waals surface area contributed by atoms with Gasteiger partial charge >= 0.3 is 5.69 Å². The number of carbonyl (C=O) groups is 1. The van der Waals surface area contributed by atoms with Gasteiger partial charge < -0.3 is 0 Å². The number of hydrogen-bond acceptors (Lipinski definition) is 4. The highest BCUT2D eigenvalue weighted by atomic mass is 19.1. The van der Waals surface area contributed by atoms with Crippen LogP contribution in [0.5, 0.6) is 0 Å². The minimum Gasteiger partial charge on any atom is -0.298 e. The lowest BCUT2D eigenvalue weighted by atomic mass is 10.0. The Labute approximate surface area is 83.9 Å². The maximum absolute atomic E-state index is 13.4. The molecule has 0 N–H and O–H groups in total. The summed E-state index contributed by atoms with van der Waals surface area (Å²) in [5, 5.41) is 18.8. The Hall–Kier alpha value is -2.29. The molecule has 1 aromatic rings. The highest BCUT2D eigenvalue weighted by molar-refractivity contribution is 5.78. The molecule has 0 atom stereocenters. The van der Waals surface area contributed by atoms with Gasteiger partial charge in [-0.2, -0.15) is 9.65 Å². The van der Waals surface area contributed by atoms with Crippen molar-refractivity contribution < 1.29 is 14.1 Å². The smallest absolute Gasteiger partial charge is 0.298 e. The molecule has 0 aromatic heterocycles. The predicted octanol–water partition coefficient (Wildman–Crippen LogP) is 1.61. The molecule has 5 nitrogen and oxygen atoms in total. The van der Waals surface area contributed by atoms with Gasteiger partial charge in [-0.25, -0.2) is 0 Å². The van der Waals surface area contributed by atoms with Gasteiger partial charge in [0, 0.05) is 17.2 Å². The number of aldehydes is 1. The highest BCUT2D eigenvalue weighted by Crippen LogP contribution is 2.23. The average molecular weight is 208 g/mol. The summed E-state index contributed by atoms with van der Waals surface area (Å²) >= 11 is 0. The van der Waals surface area contributed by atoms with Crippen LogP contribution in [0, 0.1) is 27.3 Å². The van der Waals surface area contributed by atoms with Crippen LogP contribution in [-0.2, 0) is 6.42 Å². The van der Waals surface area contributed by atoms with Crippen molar-refractivity contribution in [2.24, 2.45) is 0 Å². The largest absolute Gasteiger partial charge is 0.305 e. The molecule has 76 valence electrons. The first-order valence-electron chi connectivity index (χ1n) is 3.89. The van der Waals surface area contributed by atoms with Crippen LogP contribution in [-0.4, -0.2) is 11.2 Å². The zero-order chi connectivity index (χ0) is 11.4. The first-order chi connectivity index (χ1) is 7.11. The number of carbonyl (C=O) groups excluding carboxylic acids is 1. The van der Waals surface area contributed by atoms with Gasteiger partial charge in [-0.15, -0.1) is 0 Å². The van der Waals surface area contributed by atoms with Crippen LogP contribution < -0.4 is 0 Å². The number of nitro benzene ring substituents is 1. The van der Waals surface area contributed by atoms with Crippen molar-refractivity contribution >= 4 is 12.0 Å². The summed E-state index contributed by atoms with van der Waals surface area (Å²) < 4.78 is 13.4. The number of nitrogens with zero attached hydrogens (tertiary/aromatic N) is 2. The molecule has 6 heteroatoms. The quantitative estimate of drug-likeness (QED) is 0.429. The van der Waals surface area contributed by atoms with E-state index in [2.05, 4.69) is 0 Å².